The molecule has 3 rings (SSSR count). The van der Waals surface area contributed by atoms with Gasteiger partial charge in [-0.15, -0.1) is 0 Å². The highest BCUT2D eigenvalue weighted by molar-refractivity contribution is 9.10. The fourth-order valence-corrected chi connectivity index (χ4v) is 9.75. The lowest BCUT2D eigenvalue weighted by molar-refractivity contribution is -0.153. The summed E-state index contributed by atoms with van der Waals surface area (Å²) in [5.41, 5.74) is -0.903. The van der Waals surface area contributed by atoms with Crippen LogP contribution >= 0.6 is 15.9 Å². The average molecular weight is 624 g/mol. The van der Waals surface area contributed by atoms with E-state index in [1.165, 1.54) is 7.11 Å². The molecule has 3 fully saturated rings. The number of hydrogen-bond acceptors (Lipinski definition) is 5. The van der Waals surface area contributed by atoms with Gasteiger partial charge in [-0.25, -0.2) is 0 Å². The molecule has 0 aromatic carbocycles. The van der Waals surface area contributed by atoms with Gasteiger partial charge in [0.25, 0.3) is 0 Å². The molecule has 1 aliphatic heterocycles. The Morgan fingerprint density at radius 2 is 1.60 bits per heavy atom. The number of carbonyl (C=O) groups is 3. The number of ether oxygens (including phenoxy) is 2. The number of alkyl halides is 1. The highest BCUT2D eigenvalue weighted by atomic mass is 79.9. The van der Waals surface area contributed by atoms with Crippen molar-refractivity contribution in [1.82, 2.24) is 0 Å². The molecule has 5 nitrogen and oxygen atoms in total. The van der Waals surface area contributed by atoms with E-state index in [-0.39, 0.29) is 45.8 Å². The van der Waals surface area contributed by atoms with Crippen molar-refractivity contribution >= 4 is 33.5 Å². The number of Topliss-reactive ketones (excluding diaryl/α,β-unsaturated/α-hetero) is 1. The molecule has 0 spiro atoms. The van der Waals surface area contributed by atoms with Gasteiger partial charge in [0.15, 0.2) is 11.6 Å². The zero-order valence-corrected chi connectivity index (χ0v) is 28.9. The SMILES string of the molecule is CCCC(C)(C)CC[C@@](C)(CCC(C)(C)[C@]1(C)CC[C@H]2C(C)(C)C(=O)[C@]3(Br)O[C@@H]3[C@]2(C)/C1=C/C(C)=O)C(=O)OC. The van der Waals surface area contributed by atoms with Crippen LogP contribution in [0.2, 0.25) is 0 Å². The molecular weight excluding hydrogens is 568 g/mol. The molecule has 6 atom stereocenters. The topological polar surface area (TPSA) is 73.0 Å². The van der Waals surface area contributed by atoms with Crippen molar-refractivity contribution in [3.05, 3.63) is 11.6 Å². The van der Waals surface area contributed by atoms with Crippen LogP contribution in [0.15, 0.2) is 11.6 Å². The number of carbonyl (C=O) groups excluding carboxylic acids is 3. The quantitative estimate of drug-likeness (QED) is 0.0997. The van der Waals surface area contributed by atoms with Crippen LogP contribution in [0.1, 0.15) is 128 Å². The molecule has 0 aromatic rings. The van der Waals surface area contributed by atoms with E-state index in [2.05, 4.69) is 71.3 Å². The van der Waals surface area contributed by atoms with Gasteiger partial charge in [0, 0.05) is 10.8 Å². The molecule has 1 heterocycles. The van der Waals surface area contributed by atoms with Gasteiger partial charge in [-0.3, -0.25) is 14.4 Å². The van der Waals surface area contributed by atoms with Crippen LogP contribution < -0.4 is 0 Å². The zero-order chi connectivity index (χ0) is 30.7. The molecule has 2 aliphatic carbocycles. The fourth-order valence-electron chi connectivity index (χ4n) is 8.58. The predicted molar refractivity (Wildman–Crippen MR) is 164 cm³/mol. The Morgan fingerprint density at radius 3 is 2.12 bits per heavy atom. The number of epoxide rings is 1. The Morgan fingerprint density at radius 1 is 1.02 bits per heavy atom. The van der Waals surface area contributed by atoms with Crippen molar-refractivity contribution < 1.29 is 23.9 Å². The Labute approximate surface area is 252 Å². The van der Waals surface area contributed by atoms with Gasteiger partial charge in [0.1, 0.15) is 6.10 Å². The molecule has 0 radical (unpaired) electrons. The summed E-state index contributed by atoms with van der Waals surface area (Å²) >= 11 is 3.68. The molecule has 3 aliphatic rings. The lowest BCUT2D eigenvalue weighted by Gasteiger charge is -2.62. The summed E-state index contributed by atoms with van der Waals surface area (Å²) in [6, 6.07) is 0. The van der Waals surface area contributed by atoms with E-state index < -0.39 is 20.8 Å². The van der Waals surface area contributed by atoms with E-state index >= 15 is 0 Å². The molecule has 0 unspecified atom stereocenters. The minimum atomic E-state index is -0.977. The number of ketones is 2. The highest BCUT2D eigenvalue weighted by Gasteiger charge is 2.79. The lowest BCUT2D eigenvalue weighted by atomic mass is 9.41. The van der Waals surface area contributed by atoms with Crippen molar-refractivity contribution in [3.8, 4) is 0 Å². The summed E-state index contributed by atoms with van der Waals surface area (Å²) in [7, 11) is 1.49. The molecule has 6 heteroatoms. The van der Waals surface area contributed by atoms with Crippen LogP contribution in [-0.4, -0.2) is 35.3 Å². The molecule has 1 saturated heterocycles. The van der Waals surface area contributed by atoms with Crippen molar-refractivity contribution in [2.45, 2.75) is 138 Å². The van der Waals surface area contributed by atoms with Crippen molar-refractivity contribution in [3.63, 3.8) is 0 Å². The van der Waals surface area contributed by atoms with E-state index in [9.17, 15) is 14.4 Å². The second kappa shape index (κ2) is 10.6. The maximum atomic E-state index is 13.5. The monoisotopic (exact) mass is 622 g/mol. The number of rotatable bonds is 11. The number of fused-ring (bicyclic) bond motifs is 3. The minimum Gasteiger partial charge on any atom is -0.469 e. The van der Waals surface area contributed by atoms with Gasteiger partial charge in [-0.2, -0.15) is 0 Å². The molecule has 0 amide bonds. The summed E-state index contributed by atoms with van der Waals surface area (Å²) in [4.78, 5) is 39.4. The van der Waals surface area contributed by atoms with Crippen LogP contribution in [0, 0.1) is 38.4 Å². The minimum absolute atomic E-state index is 0.0204. The zero-order valence-electron chi connectivity index (χ0n) is 27.3. The molecule has 2 saturated carbocycles. The first-order valence-electron chi connectivity index (χ1n) is 15.3. The molecular formula is C34H55BrO5. The predicted octanol–water partition coefficient (Wildman–Crippen LogP) is 8.62. The summed E-state index contributed by atoms with van der Waals surface area (Å²) in [6.45, 7) is 23.7. The van der Waals surface area contributed by atoms with E-state index in [4.69, 9.17) is 9.47 Å². The number of allylic oxidation sites excluding steroid dienone is 1. The van der Waals surface area contributed by atoms with Crippen molar-refractivity contribution in [2.24, 2.45) is 38.4 Å². The van der Waals surface area contributed by atoms with E-state index in [0.717, 1.165) is 50.5 Å². The third kappa shape index (κ3) is 5.31. The van der Waals surface area contributed by atoms with Crippen LogP contribution in [0.3, 0.4) is 0 Å². The Bertz CT molecular complexity index is 1070. The second-order valence-corrected chi connectivity index (χ2v) is 17.1. The third-order valence-corrected chi connectivity index (χ3v) is 12.8. The maximum Gasteiger partial charge on any atom is 0.311 e. The van der Waals surface area contributed by atoms with Gasteiger partial charge in [-0.05, 0) is 103 Å². The summed E-state index contributed by atoms with van der Waals surface area (Å²) in [5, 5.41) is 0. The first-order chi connectivity index (χ1) is 18.1. The third-order valence-electron chi connectivity index (χ3n) is 11.8. The Hall–Kier alpha value is -1.01. The maximum absolute atomic E-state index is 13.5. The number of hydrogen-bond donors (Lipinski definition) is 0. The Kier molecular flexibility index (Phi) is 8.88. The standard InChI is InChI=1S/C34H55BrO5/c1-13-15-28(3,4)17-19-31(9,27(38)39-12)20-18-29(5,6)32(10)16-14-23-30(7,8)25(37)34(35)26(40-34)33(23,11)24(32)21-22(2)36/h21,23,26H,13-20H2,1-12H3/b24-21+/t23-,26+,31-,32+,33-,34-/m0/s1. The smallest absolute Gasteiger partial charge is 0.311 e. The first kappa shape index (κ1) is 33.5. The van der Waals surface area contributed by atoms with E-state index in [0.29, 0.717) is 6.42 Å². The van der Waals surface area contributed by atoms with Gasteiger partial charge < -0.3 is 9.47 Å². The normalized spacial score (nSPS) is 35.9. The molecule has 0 N–H and O–H groups in total. The number of esters is 1. The van der Waals surface area contributed by atoms with Crippen molar-refractivity contribution in [1.29, 1.82) is 0 Å². The largest absolute Gasteiger partial charge is 0.469 e. The molecule has 0 aromatic heterocycles. The summed E-state index contributed by atoms with van der Waals surface area (Å²) in [5.74, 6) is 0.0598. The van der Waals surface area contributed by atoms with Crippen LogP contribution in [0.5, 0.6) is 0 Å². The molecule has 0 bridgehead atoms. The number of halogens is 1. The van der Waals surface area contributed by atoms with Crippen molar-refractivity contribution in [2.75, 3.05) is 7.11 Å². The summed E-state index contributed by atoms with van der Waals surface area (Å²) < 4.78 is 10.6. The highest BCUT2D eigenvalue weighted by Crippen LogP contribution is 2.74. The fraction of sp³-hybridized carbons (Fsp3) is 0.853. The Balaban J connectivity index is 1.99. The van der Waals surface area contributed by atoms with Gasteiger partial charge in [0.2, 0.25) is 4.51 Å². The van der Waals surface area contributed by atoms with Gasteiger partial charge >= 0.3 is 5.97 Å². The average Bonchev–Trinajstić information content (AvgIpc) is 3.56. The summed E-state index contributed by atoms with van der Waals surface area (Å²) in [6.07, 6.45) is 8.84. The number of methoxy groups -OCH3 is 1. The first-order valence-corrected chi connectivity index (χ1v) is 16.1. The lowest BCUT2D eigenvalue weighted by Crippen LogP contribution is -2.61. The van der Waals surface area contributed by atoms with Gasteiger partial charge in [-0.1, -0.05) is 74.3 Å². The second-order valence-electron chi connectivity index (χ2n) is 15.9. The van der Waals surface area contributed by atoms with Crippen LogP contribution in [-0.2, 0) is 23.9 Å². The van der Waals surface area contributed by atoms with E-state index in [1.807, 2.05) is 19.9 Å². The van der Waals surface area contributed by atoms with Crippen LogP contribution in [0.4, 0.5) is 0 Å². The molecule has 228 valence electrons. The van der Waals surface area contributed by atoms with Crippen LogP contribution in [0.25, 0.3) is 0 Å². The molecule has 40 heavy (non-hydrogen) atoms. The van der Waals surface area contributed by atoms with Gasteiger partial charge in [0.05, 0.1) is 12.5 Å². The van der Waals surface area contributed by atoms with E-state index in [1.54, 1.807) is 6.92 Å².